The lowest BCUT2D eigenvalue weighted by Crippen LogP contribution is -2.32. The molecular formula is C58H55ClF2N2O2S. The van der Waals surface area contributed by atoms with Crippen LogP contribution in [0.1, 0.15) is 94.2 Å². The minimum absolute atomic E-state index is 0. The molecule has 0 amide bonds. The lowest BCUT2D eigenvalue weighted by atomic mass is 9.86. The van der Waals surface area contributed by atoms with Crippen LogP contribution < -0.4 is 0 Å². The number of likely N-dealkylation sites (tertiary alicyclic amines) is 2. The van der Waals surface area contributed by atoms with Gasteiger partial charge in [0.25, 0.3) is 0 Å². The highest BCUT2D eigenvalue weighted by Crippen LogP contribution is 2.41. The molecule has 336 valence electrons. The number of rotatable bonds is 10. The monoisotopic (exact) mass is 916 g/mol. The van der Waals surface area contributed by atoms with Gasteiger partial charge in [0, 0.05) is 26.2 Å². The summed E-state index contributed by atoms with van der Waals surface area (Å²) in [6.45, 7) is 5.17. The first-order chi connectivity index (χ1) is 31.8. The molecule has 2 aliphatic carbocycles. The predicted molar refractivity (Wildman–Crippen MR) is 269 cm³/mol. The van der Waals surface area contributed by atoms with Gasteiger partial charge in [-0.2, -0.15) is 0 Å². The second-order valence-electron chi connectivity index (χ2n) is 17.9. The summed E-state index contributed by atoms with van der Waals surface area (Å²) in [6, 6.07) is 42.5. The Hall–Kier alpha value is -5.70. The van der Waals surface area contributed by atoms with E-state index in [2.05, 4.69) is 131 Å². The summed E-state index contributed by atoms with van der Waals surface area (Å²) >= 11 is 0. The maximum Gasteiger partial charge on any atom is 0.207 e. The van der Waals surface area contributed by atoms with Crippen molar-refractivity contribution in [2.24, 2.45) is 0 Å². The molecule has 0 unspecified atom stereocenters. The van der Waals surface area contributed by atoms with E-state index >= 15 is 0 Å². The number of aryl methyl sites for hydroxylation is 2. The van der Waals surface area contributed by atoms with Gasteiger partial charge in [0.15, 0.2) is 0 Å². The van der Waals surface area contributed by atoms with Crippen LogP contribution in [0.5, 0.6) is 0 Å². The molecule has 0 radical (unpaired) electrons. The minimum Gasteiger partial charge on any atom is -0.303 e. The van der Waals surface area contributed by atoms with Crippen LogP contribution in [0.3, 0.4) is 0 Å². The highest BCUT2D eigenvalue weighted by atomic mass is 35.5. The van der Waals surface area contributed by atoms with Crippen molar-refractivity contribution in [3.05, 3.63) is 212 Å². The standard InChI is InChI=1S/C58H54F2N2O2S.ClH/c59-49-25-27-55(47(39-49)15-9-33-61-35-29-45(30-36-61)57-51-17-5-1-11-41(51)21-22-42-12-2-6-18-52(42)57)65(63,64)56-28-26-50(60)40-48(56)16-10-34-62-37-31-46(32-38-62)58-53-19-7-3-13-43(53)23-24-44-14-4-8-20-54(44)58;/h1-8,11-14,17-28,39-40H,9-10,15-16,29-38H2;1H. The van der Waals surface area contributed by atoms with Crippen LogP contribution in [0.15, 0.2) is 154 Å². The Morgan fingerprint density at radius 2 is 0.758 bits per heavy atom. The molecule has 2 aliphatic heterocycles. The van der Waals surface area contributed by atoms with Gasteiger partial charge in [0.1, 0.15) is 11.6 Å². The summed E-state index contributed by atoms with van der Waals surface area (Å²) in [5.41, 5.74) is 16.6. The third kappa shape index (κ3) is 9.45. The zero-order valence-corrected chi connectivity index (χ0v) is 38.8. The Balaban J connectivity index is 0.00000548. The third-order valence-electron chi connectivity index (χ3n) is 13.9. The van der Waals surface area contributed by atoms with Crippen molar-refractivity contribution < 1.29 is 17.2 Å². The first-order valence-corrected chi connectivity index (χ1v) is 24.7. The van der Waals surface area contributed by atoms with Crippen LogP contribution in [0, 0.1) is 11.6 Å². The summed E-state index contributed by atoms with van der Waals surface area (Å²) in [5.74, 6) is -0.925. The average molecular weight is 918 g/mol. The molecule has 6 aromatic rings. The number of sulfone groups is 1. The molecule has 0 saturated carbocycles. The molecular weight excluding hydrogens is 862 g/mol. The molecule has 2 fully saturated rings. The van der Waals surface area contributed by atoms with Crippen molar-refractivity contribution in [3.63, 3.8) is 0 Å². The number of hydrogen-bond donors (Lipinski definition) is 0. The van der Waals surface area contributed by atoms with Gasteiger partial charge < -0.3 is 9.80 Å². The van der Waals surface area contributed by atoms with E-state index < -0.39 is 21.5 Å². The Labute approximate surface area is 395 Å². The van der Waals surface area contributed by atoms with E-state index in [1.54, 1.807) is 0 Å². The van der Waals surface area contributed by atoms with Crippen LogP contribution in [0.4, 0.5) is 8.78 Å². The van der Waals surface area contributed by atoms with Crippen molar-refractivity contribution >= 4 is 57.7 Å². The van der Waals surface area contributed by atoms with Crippen LogP contribution in [0.2, 0.25) is 0 Å². The Bertz CT molecular complexity index is 2700. The summed E-state index contributed by atoms with van der Waals surface area (Å²) in [4.78, 5) is 5.08. The topological polar surface area (TPSA) is 40.6 Å². The van der Waals surface area contributed by atoms with Gasteiger partial charge in [-0.3, -0.25) is 0 Å². The number of nitrogens with zero attached hydrogens (tertiary/aromatic N) is 2. The predicted octanol–water partition coefficient (Wildman–Crippen LogP) is 13.2. The van der Waals surface area contributed by atoms with Gasteiger partial charge in [-0.1, -0.05) is 133 Å². The average Bonchev–Trinajstić information content (AvgIpc) is 3.60. The van der Waals surface area contributed by atoms with Gasteiger partial charge in [-0.05, 0) is 168 Å². The molecule has 10 rings (SSSR count). The lowest BCUT2D eigenvalue weighted by Gasteiger charge is -2.30. The highest BCUT2D eigenvalue weighted by molar-refractivity contribution is 7.91. The number of piperidine rings is 2. The van der Waals surface area contributed by atoms with Crippen LogP contribution in [0.25, 0.3) is 35.5 Å². The molecule has 0 atom stereocenters. The van der Waals surface area contributed by atoms with Crippen LogP contribution in [-0.4, -0.2) is 57.5 Å². The van der Waals surface area contributed by atoms with E-state index in [0.717, 1.165) is 65.0 Å². The second kappa shape index (κ2) is 20.0. The lowest BCUT2D eigenvalue weighted by molar-refractivity contribution is 0.254. The Morgan fingerprint density at radius 1 is 0.439 bits per heavy atom. The fraction of sp³-hybridized carbons (Fsp3) is 0.241. The summed E-state index contributed by atoms with van der Waals surface area (Å²) in [6.07, 6.45) is 14.9. The molecule has 0 N–H and O–H groups in total. The van der Waals surface area contributed by atoms with E-state index in [9.17, 15) is 17.2 Å². The van der Waals surface area contributed by atoms with Crippen LogP contribution >= 0.6 is 12.4 Å². The Morgan fingerprint density at radius 3 is 1.09 bits per heavy atom. The maximum atomic E-state index is 14.9. The fourth-order valence-corrected chi connectivity index (χ4v) is 12.3. The SMILES string of the molecule is Cl.O=S(=O)(c1ccc(F)cc1CCCN1CCC(=C2c3ccccc3C=Cc3ccccc32)CC1)c1ccc(F)cc1CCCN1CCC(=C2c3ccccc3C=Cc3ccccc32)CC1. The van der Waals surface area contributed by atoms with E-state index in [4.69, 9.17) is 0 Å². The number of halogens is 3. The highest BCUT2D eigenvalue weighted by Gasteiger charge is 2.28. The number of benzene rings is 6. The third-order valence-corrected chi connectivity index (χ3v) is 15.9. The first-order valence-electron chi connectivity index (χ1n) is 23.2. The smallest absolute Gasteiger partial charge is 0.207 e. The molecule has 8 heteroatoms. The largest absolute Gasteiger partial charge is 0.303 e. The normalized spacial score (nSPS) is 16.2. The molecule has 6 aromatic carbocycles. The number of hydrogen-bond acceptors (Lipinski definition) is 4. The summed E-state index contributed by atoms with van der Waals surface area (Å²) < 4.78 is 58.7. The minimum atomic E-state index is -4.07. The first kappa shape index (κ1) is 45.5. The van der Waals surface area contributed by atoms with Gasteiger partial charge in [0.2, 0.25) is 9.84 Å². The molecule has 66 heavy (non-hydrogen) atoms. The van der Waals surface area contributed by atoms with E-state index in [1.807, 2.05) is 0 Å². The quantitative estimate of drug-likeness (QED) is 0.128. The van der Waals surface area contributed by atoms with Gasteiger partial charge in [-0.25, -0.2) is 17.2 Å². The van der Waals surface area contributed by atoms with Crippen molar-refractivity contribution in [1.82, 2.24) is 9.80 Å². The number of fused-ring (bicyclic) bond motifs is 4. The zero-order valence-electron chi connectivity index (χ0n) is 37.2. The van der Waals surface area contributed by atoms with E-state index in [1.165, 1.54) is 103 Å². The molecule has 0 aromatic heterocycles. The Kier molecular flexibility index (Phi) is 13.8. The van der Waals surface area contributed by atoms with Crippen LogP contribution in [-0.2, 0) is 22.7 Å². The molecule has 0 bridgehead atoms. The maximum absolute atomic E-state index is 14.9. The van der Waals surface area contributed by atoms with Gasteiger partial charge in [-0.15, -0.1) is 12.4 Å². The van der Waals surface area contributed by atoms with Crippen molar-refractivity contribution in [3.8, 4) is 0 Å². The summed E-state index contributed by atoms with van der Waals surface area (Å²) in [5, 5.41) is 0. The van der Waals surface area contributed by atoms with Gasteiger partial charge in [0.05, 0.1) is 9.79 Å². The van der Waals surface area contributed by atoms with Crippen molar-refractivity contribution in [2.75, 3.05) is 39.3 Å². The fourth-order valence-electron chi connectivity index (χ4n) is 10.6. The molecule has 2 heterocycles. The van der Waals surface area contributed by atoms with Gasteiger partial charge >= 0.3 is 0 Å². The van der Waals surface area contributed by atoms with E-state index in [0.29, 0.717) is 36.8 Å². The summed E-state index contributed by atoms with van der Waals surface area (Å²) in [7, 11) is -4.07. The second-order valence-corrected chi connectivity index (χ2v) is 19.8. The van der Waals surface area contributed by atoms with Crippen molar-refractivity contribution in [2.45, 2.75) is 61.2 Å². The van der Waals surface area contributed by atoms with E-state index in [-0.39, 0.29) is 22.2 Å². The molecule has 2 saturated heterocycles. The molecule has 4 aliphatic rings. The zero-order chi connectivity index (χ0) is 44.3. The molecule has 0 spiro atoms. The van der Waals surface area contributed by atoms with Crippen molar-refractivity contribution in [1.29, 1.82) is 0 Å². The molecule has 4 nitrogen and oxygen atoms in total.